The molecule has 264 valence electrons. The number of carbonyl (C=O) groups excluding carboxylic acids is 2. The minimum absolute atomic E-state index is 0.0118. The van der Waals surface area contributed by atoms with Crippen molar-refractivity contribution in [2.24, 2.45) is 7.05 Å². The molecular formula is C35H34F3N9O4. The molecular weight excluding hydrogens is 667 g/mol. The predicted octanol–water partition coefficient (Wildman–Crippen LogP) is 3.94. The summed E-state index contributed by atoms with van der Waals surface area (Å²) in [7, 11) is 1.72. The fourth-order valence-electron chi connectivity index (χ4n) is 6.22. The number of aromatic nitrogens is 4. The van der Waals surface area contributed by atoms with E-state index in [9.17, 15) is 32.7 Å². The molecule has 0 atom stereocenters. The topological polar surface area (TPSA) is 163 Å². The Balaban J connectivity index is 1.22. The largest absolute Gasteiger partial charge is 0.465 e. The second-order valence-corrected chi connectivity index (χ2v) is 12.2. The maximum Gasteiger partial charge on any atom is 0.416 e. The van der Waals surface area contributed by atoms with Gasteiger partial charge in [-0.1, -0.05) is 24.8 Å². The summed E-state index contributed by atoms with van der Waals surface area (Å²) < 4.78 is 44.1. The number of alkyl halides is 3. The van der Waals surface area contributed by atoms with Crippen molar-refractivity contribution in [3.63, 3.8) is 0 Å². The number of nitrogens with two attached hydrogens (primary N) is 1. The SMILES string of the molecule is CCN1CCN(Cc2ccc(NC(=O)c3cncc(C#Cc4cnc(N)nc4-c4cc5c(n4C)CCN(C(=O)O)C5=O)c3)cc2C(F)(F)F)CC1. The van der Waals surface area contributed by atoms with Crippen LogP contribution in [0, 0.1) is 11.8 Å². The van der Waals surface area contributed by atoms with E-state index in [2.05, 4.69) is 43.9 Å². The number of benzene rings is 1. The third-order valence-corrected chi connectivity index (χ3v) is 9.01. The first-order valence-electron chi connectivity index (χ1n) is 16.1. The number of imide groups is 1. The first-order chi connectivity index (χ1) is 24.3. The average molecular weight is 702 g/mol. The van der Waals surface area contributed by atoms with Crippen LogP contribution in [0.5, 0.6) is 0 Å². The van der Waals surface area contributed by atoms with Crippen molar-refractivity contribution in [1.82, 2.24) is 34.2 Å². The molecule has 3 aromatic heterocycles. The molecule has 1 aromatic carbocycles. The van der Waals surface area contributed by atoms with Crippen molar-refractivity contribution < 1.29 is 32.7 Å². The number of nitrogens with zero attached hydrogens (tertiary/aromatic N) is 7. The van der Waals surface area contributed by atoms with Gasteiger partial charge in [-0.2, -0.15) is 13.2 Å². The molecule has 4 aromatic rings. The van der Waals surface area contributed by atoms with Crippen LogP contribution in [-0.4, -0.2) is 96.5 Å². The van der Waals surface area contributed by atoms with Crippen LogP contribution in [0.4, 0.5) is 29.6 Å². The second kappa shape index (κ2) is 14.2. The number of nitrogen functional groups attached to an aromatic ring is 1. The van der Waals surface area contributed by atoms with E-state index in [4.69, 9.17) is 5.73 Å². The lowest BCUT2D eigenvalue weighted by Gasteiger charge is -2.34. The summed E-state index contributed by atoms with van der Waals surface area (Å²) in [6.07, 6.45) is -1.55. The van der Waals surface area contributed by atoms with Gasteiger partial charge in [-0.3, -0.25) is 19.5 Å². The Labute approximate surface area is 290 Å². The number of amides is 3. The zero-order valence-corrected chi connectivity index (χ0v) is 27.8. The molecule has 0 saturated carbocycles. The Morgan fingerprint density at radius 2 is 1.76 bits per heavy atom. The van der Waals surface area contributed by atoms with Crippen LogP contribution >= 0.6 is 0 Å². The number of pyridine rings is 1. The highest BCUT2D eigenvalue weighted by atomic mass is 19.4. The van der Waals surface area contributed by atoms with E-state index in [1.165, 1.54) is 42.9 Å². The van der Waals surface area contributed by atoms with Gasteiger partial charge in [0.2, 0.25) is 5.95 Å². The average Bonchev–Trinajstić information content (AvgIpc) is 3.45. The van der Waals surface area contributed by atoms with E-state index < -0.39 is 29.6 Å². The summed E-state index contributed by atoms with van der Waals surface area (Å²) in [6, 6.07) is 6.79. The molecule has 0 radical (unpaired) electrons. The lowest BCUT2D eigenvalue weighted by Crippen LogP contribution is -2.45. The molecule has 2 aliphatic heterocycles. The van der Waals surface area contributed by atoms with Gasteiger partial charge in [0.25, 0.3) is 11.8 Å². The molecule has 2 aliphatic rings. The molecule has 4 N–H and O–H groups in total. The number of piperazine rings is 1. The fourth-order valence-corrected chi connectivity index (χ4v) is 6.22. The van der Waals surface area contributed by atoms with Crippen LogP contribution in [0.3, 0.4) is 0 Å². The standard InChI is InChI=1S/C35H34F3N9O4/c1-3-45-10-12-46(13-11-45)20-23-6-7-25(15-27(23)35(36,37)38)42-31(48)24-14-21(17-40-18-24)4-5-22-19-41-33(39)43-30(22)29-16-26-28(44(29)2)8-9-47(32(26)49)34(50)51/h6-7,14-19H,3,8-13,20H2,1-2H3,(H,42,48)(H,50,51)(H2,39,41,43). The highest BCUT2D eigenvalue weighted by Crippen LogP contribution is 2.35. The van der Waals surface area contributed by atoms with E-state index in [-0.39, 0.29) is 41.4 Å². The minimum Gasteiger partial charge on any atom is -0.465 e. The zero-order valence-electron chi connectivity index (χ0n) is 27.8. The zero-order chi connectivity index (χ0) is 36.4. The van der Waals surface area contributed by atoms with Gasteiger partial charge in [-0.05, 0) is 36.4 Å². The van der Waals surface area contributed by atoms with Gasteiger partial charge in [0, 0.05) is 88.3 Å². The molecule has 3 amide bonds. The van der Waals surface area contributed by atoms with E-state index in [0.29, 0.717) is 47.7 Å². The molecule has 1 fully saturated rings. The Kier molecular flexibility index (Phi) is 9.77. The van der Waals surface area contributed by atoms with E-state index >= 15 is 0 Å². The quantitative estimate of drug-likeness (QED) is 0.251. The van der Waals surface area contributed by atoms with Crippen LogP contribution in [0.25, 0.3) is 11.4 Å². The number of anilines is 2. The Hall–Kier alpha value is -5.79. The normalized spacial score (nSPS) is 15.2. The molecule has 0 unspecified atom stereocenters. The third kappa shape index (κ3) is 7.54. The highest BCUT2D eigenvalue weighted by molar-refractivity contribution is 6.05. The number of carboxylic acid groups (broad SMARTS) is 1. The Morgan fingerprint density at radius 3 is 2.47 bits per heavy atom. The summed E-state index contributed by atoms with van der Waals surface area (Å²) in [5.74, 6) is 4.49. The van der Waals surface area contributed by atoms with E-state index in [1.807, 2.05) is 4.90 Å². The summed E-state index contributed by atoms with van der Waals surface area (Å²) >= 11 is 0. The number of hydrogen-bond donors (Lipinski definition) is 3. The number of hydrogen-bond acceptors (Lipinski definition) is 9. The molecule has 0 aliphatic carbocycles. The molecule has 16 heteroatoms. The number of carbonyl (C=O) groups is 3. The van der Waals surface area contributed by atoms with Gasteiger partial charge in [-0.25, -0.2) is 19.7 Å². The van der Waals surface area contributed by atoms with Crippen LogP contribution in [0.1, 0.15) is 55.6 Å². The van der Waals surface area contributed by atoms with Crippen molar-refractivity contribution in [2.45, 2.75) is 26.1 Å². The van der Waals surface area contributed by atoms with Crippen LogP contribution in [0.15, 0.2) is 48.9 Å². The lowest BCUT2D eigenvalue weighted by molar-refractivity contribution is -0.138. The smallest absolute Gasteiger partial charge is 0.416 e. The van der Waals surface area contributed by atoms with Gasteiger partial charge >= 0.3 is 12.3 Å². The summed E-state index contributed by atoms with van der Waals surface area (Å²) in [4.78, 5) is 55.0. The number of rotatable bonds is 6. The molecule has 1 saturated heterocycles. The summed E-state index contributed by atoms with van der Waals surface area (Å²) in [5, 5.41) is 11.9. The first kappa shape index (κ1) is 35.1. The van der Waals surface area contributed by atoms with E-state index in [0.717, 1.165) is 30.6 Å². The third-order valence-electron chi connectivity index (χ3n) is 9.01. The van der Waals surface area contributed by atoms with Crippen LogP contribution < -0.4 is 11.1 Å². The predicted molar refractivity (Wildman–Crippen MR) is 181 cm³/mol. The summed E-state index contributed by atoms with van der Waals surface area (Å²) in [5.41, 5.74) is 7.55. The van der Waals surface area contributed by atoms with Crippen molar-refractivity contribution in [2.75, 3.05) is 50.3 Å². The Bertz CT molecular complexity index is 2080. The monoisotopic (exact) mass is 701 g/mol. The van der Waals surface area contributed by atoms with Crippen molar-refractivity contribution in [3.8, 4) is 23.2 Å². The lowest BCUT2D eigenvalue weighted by atomic mass is 10.0. The van der Waals surface area contributed by atoms with Crippen LogP contribution in [0.2, 0.25) is 0 Å². The first-order valence-corrected chi connectivity index (χ1v) is 16.1. The molecule has 13 nitrogen and oxygen atoms in total. The molecule has 6 rings (SSSR count). The number of fused-ring (bicyclic) bond motifs is 1. The minimum atomic E-state index is -4.61. The maximum absolute atomic E-state index is 14.1. The molecule has 0 bridgehead atoms. The second-order valence-electron chi connectivity index (χ2n) is 12.2. The molecule has 5 heterocycles. The van der Waals surface area contributed by atoms with Gasteiger partial charge in [-0.15, -0.1) is 0 Å². The number of likely N-dealkylation sites (N-methyl/N-ethyl adjacent to an activating group) is 1. The van der Waals surface area contributed by atoms with Crippen LogP contribution in [-0.2, 0) is 26.2 Å². The number of halogens is 3. The Morgan fingerprint density at radius 1 is 1.02 bits per heavy atom. The fraction of sp³-hybridized carbons (Fsp3) is 0.314. The van der Waals surface area contributed by atoms with Crippen molar-refractivity contribution >= 4 is 29.5 Å². The van der Waals surface area contributed by atoms with Gasteiger partial charge in [0.05, 0.1) is 27.9 Å². The van der Waals surface area contributed by atoms with Gasteiger partial charge < -0.3 is 25.6 Å². The molecule has 51 heavy (non-hydrogen) atoms. The highest BCUT2D eigenvalue weighted by Gasteiger charge is 2.35. The number of nitrogens with one attached hydrogen (secondary N) is 1. The van der Waals surface area contributed by atoms with Crippen molar-refractivity contribution in [3.05, 3.63) is 88.0 Å². The summed E-state index contributed by atoms with van der Waals surface area (Å²) in [6.45, 7) is 6.06. The van der Waals surface area contributed by atoms with Gasteiger partial charge in [0.15, 0.2) is 0 Å². The van der Waals surface area contributed by atoms with E-state index in [1.54, 1.807) is 11.6 Å². The molecule has 0 spiro atoms. The van der Waals surface area contributed by atoms with Crippen molar-refractivity contribution in [1.29, 1.82) is 0 Å². The maximum atomic E-state index is 14.1. The van der Waals surface area contributed by atoms with Gasteiger partial charge in [0.1, 0.15) is 5.69 Å².